The fourth-order valence-electron chi connectivity index (χ4n) is 3.14. The lowest BCUT2D eigenvalue weighted by Gasteiger charge is -2.14. The molecule has 0 aliphatic heterocycles. The van der Waals surface area contributed by atoms with Crippen molar-refractivity contribution in [3.63, 3.8) is 0 Å². The molecule has 170 valence electrons. The summed E-state index contributed by atoms with van der Waals surface area (Å²) in [4.78, 5) is 12.7. The third-order valence-electron chi connectivity index (χ3n) is 5.08. The van der Waals surface area contributed by atoms with Gasteiger partial charge in [-0.25, -0.2) is 0 Å². The number of thioether (sulfide) groups is 1. The van der Waals surface area contributed by atoms with Gasteiger partial charge in [-0.15, -0.1) is 10.2 Å². The minimum Gasteiger partial charge on any atom is -0.497 e. The number of nitrogens with one attached hydrogen (secondary N) is 1. The number of nitrogens with zero attached hydrogens (tertiary/aromatic N) is 3. The third kappa shape index (κ3) is 6.03. The standard InChI is InChI=1S/C24H30N4O3S/c1-5-6-15-28-22(19-9-13-21(31-4)14-10-19)26-27-24(28)32-17(2)23(29)25-16-18-7-11-20(30-3)12-8-18/h7-14,17H,5-6,15-16H2,1-4H3,(H,25,29). The van der Waals surface area contributed by atoms with Crippen LogP contribution in [0.2, 0.25) is 0 Å². The van der Waals surface area contributed by atoms with Crippen molar-refractivity contribution in [1.82, 2.24) is 20.1 Å². The number of hydrogen-bond donors (Lipinski definition) is 1. The Bertz CT molecular complexity index is 1000. The van der Waals surface area contributed by atoms with Gasteiger partial charge >= 0.3 is 0 Å². The van der Waals surface area contributed by atoms with Gasteiger partial charge in [-0.05, 0) is 55.3 Å². The van der Waals surface area contributed by atoms with E-state index < -0.39 is 0 Å². The van der Waals surface area contributed by atoms with Gasteiger partial charge < -0.3 is 19.4 Å². The Balaban J connectivity index is 1.68. The van der Waals surface area contributed by atoms with E-state index in [0.29, 0.717) is 6.54 Å². The number of amides is 1. The predicted octanol–water partition coefficient (Wildman–Crippen LogP) is 4.56. The van der Waals surface area contributed by atoms with Crippen molar-refractivity contribution in [2.45, 2.75) is 50.2 Å². The maximum absolute atomic E-state index is 12.7. The molecule has 0 spiro atoms. The number of unbranched alkanes of at least 4 members (excludes halogenated alkanes) is 1. The molecule has 0 aliphatic carbocycles. The van der Waals surface area contributed by atoms with Crippen LogP contribution in [0.4, 0.5) is 0 Å². The van der Waals surface area contributed by atoms with Crippen LogP contribution in [0, 0.1) is 0 Å². The molecule has 1 atom stereocenters. The number of methoxy groups -OCH3 is 2. The Hall–Kier alpha value is -3.00. The molecule has 0 radical (unpaired) electrons. The highest BCUT2D eigenvalue weighted by Gasteiger charge is 2.20. The molecule has 32 heavy (non-hydrogen) atoms. The number of aromatic nitrogens is 3. The smallest absolute Gasteiger partial charge is 0.233 e. The maximum atomic E-state index is 12.7. The van der Waals surface area contributed by atoms with Crippen molar-refractivity contribution in [2.75, 3.05) is 14.2 Å². The molecule has 0 bridgehead atoms. The molecule has 1 aromatic heterocycles. The Kier molecular flexibility index (Phi) is 8.56. The third-order valence-corrected chi connectivity index (χ3v) is 6.16. The van der Waals surface area contributed by atoms with Gasteiger partial charge in [-0.2, -0.15) is 0 Å². The molecule has 3 aromatic rings. The summed E-state index contributed by atoms with van der Waals surface area (Å²) in [5.41, 5.74) is 1.99. The molecule has 1 heterocycles. The van der Waals surface area contributed by atoms with Gasteiger partial charge in [0.2, 0.25) is 5.91 Å². The largest absolute Gasteiger partial charge is 0.497 e. The highest BCUT2D eigenvalue weighted by atomic mass is 32.2. The Morgan fingerprint density at radius 3 is 2.25 bits per heavy atom. The van der Waals surface area contributed by atoms with Crippen LogP contribution in [0.5, 0.6) is 11.5 Å². The van der Waals surface area contributed by atoms with E-state index in [-0.39, 0.29) is 11.2 Å². The van der Waals surface area contributed by atoms with Crippen LogP contribution >= 0.6 is 11.8 Å². The molecule has 3 rings (SSSR count). The van der Waals surface area contributed by atoms with Gasteiger partial charge in [0.1, 0.15) is 11.5 Å². The molecular formula is C24H30N4O3S. The number of carbonyl (C=O) groups is 1. The molecule has 1 N–H and O–H groups in total. The van der Waals surface area contributed by atoms with Crippen LogP contribution in [0.1, 0.15) is 32.3 Å². The number of rotatable bonds is 11. The lowest BCUT2D eigenvalue weighted by Crippen LogP contribution is -2.30. The van der Waals surface area contributed by atoms with E-state index in [4.69, 9.17) is 9.47 Å². The summed E-state index contributed by atoms with van der Waals surface area (Å²) in [6, 6.07) is 15.4. The molecule has 1 unspecified atom stereocenters. The molecule has 0 saturated carbocycles. The van der Waals surface area contributed by atoms with Crippen molar-refractivity contribution < 1.29 is 14.3 Å². The number of benzene rings is 2. The quantitative estimate of drug-likeness (QED) is 0.428. The van der Waals surface area contributed by atoms with E-state index in [2.05, 4.69) is 27.0 Å². The van der Waals surface area contributed by atoms with Gasteiger partial charge in [0.15, 0.2) is 11.0 Å². The van der Waals surface area contributed by atoms with E-state index in [1.54, 1.807) is 14.2 Å². The summed E-state index contributed by atoms with van der Waals surface area (Å²) >= 11 is 1.43. The first kappa shape index (κ1) is 23.7. The van der Waals surface area contributed by atoms with Crippen molar-refractivity contribution in [2.24, 2.45) is 0 Å². The summed E-state index contributed by atoms with van der Waals surface area (Å²) in [6.45, 7) is 5.31. The lowest BCUT2D eigenvalue weighted by molar-refractivity contribution is -0.120. The highest BCUT2D eigenvalue weighted by Crippen LogP contribution is 2.28. The van der Waals surface area contributed by atoms with Gasteiger partial charge in [-0.1, -0.05) is 37.2 Å². The van der Waals surface area contributed by atoms with E-state index in [0.717, 1.165) is 53.0 Å². The second kappa shape index (κ2) is 11.6. The maximum Gasteiger partial charge on any atom is 0.233 e. The molecule has 0 fully saturated rings. The minimum absolute atomic E-state index is 0.0399. The molecule has 1 amide bonds. The van der Waals surface area contributed by atoms with Gasteiger partial charge in [0, 0.05) is 18.7 Å². The first-order chi connectivity index (χ1) is 15.5. The molecular weight excluding hydrogens is 424 g/mol. The second-order valence-electron chi connectivity index (χ2n) is 7.37. The van der Waals surface area contributed by atoms with Crippen LogP contribution in [0.15, 0.2) is 53.7 Å². The van der Waals surface area contributed by atoms with Gasteiger partial charge in [0.25, 0.3) is 0 Å². The van der Waals surface area contributed by atoms with Crippen molar-refractivity contribution in [3.05, 3.63) is 54.1 Å². The average molecular weight is 455 g/mol. The first-order valence-corrected chi connectivity index (χ1v) is 11.6. The molecule has 0 aliphatic rings. The Morgan fingerprint density at radius 1 is 1.03 bits per heavy atom. The zero-order chi connectivity index (χ0) is 22.9. The van der Waals surface area contributed by atoms with Crippen molar-refractivity contribution in [3.8, 4) is 22.9 Å². The second-order valence-corrected chi connectivity index (χ2v) is 8.67. The van der Waals surface area contributed by atoms with E-state index >= 15 is 0 Å². The van der Waals surface area contributed by atoms with Gasteiger partial charge in [0.05, 0.1) is 19.5 Å². The van der Waals surface area contributed by atoms with Crippen LogP contribution in [0.3, 0.4) is 0 Å². The molecule has 7 nitrogen and oxygen atoms in total. The molecule has 8 heteroatoms. The minimum atomic E-state index is -0.304. The fourth-order valence-corrected chi connectivity index (χ4v) is 4.03. The zero-order valence-electron chi connectivity index (χ0n) is 19.0. The predicted molar refractivity (Wildman–Crippen MR) is 127 cm³/mol. The summed E-state index contributed by atoms with van der Waals surface area (Å²) in [6.07, 6.45) is 2.06. The highest BCUT2D eigenvalue weighted by molar-refractivity contribution is 8.00. The lowest BCUT2D eigenvalue weighted by atomic mass is 10.2. The molecule has 0 saturated heterocycles. The summed E-state index contributed by atoms with van der Waals surface area (Å²) < 4.78 is 12.5. The first-order valence-electron chi connectivity index (χ1n) is 10.7. The summed E-state index contributed by atoms with van der Waals surface area (Å²) in [7, 11) is 3.28. The van der Waals surface area contributed by atoms with Crippen LogP contribution in [-0.2, 0) is 17.9 Å². The normalized spacial score (nSPS) is 11.8. The van der Waals surface area contributed by atoms with Crippen LogP contribution < -0.4 is 14.8 Å². The van der Waals surface area contributed by atoms with Crippen molar-refractivity contribution >= 4 is 17.7 Å². The summed E-state index contributed by atoms with van der Waals surface area (Å²) in [5.74, 6) is 2.35. The Labute approximate surface area is 193 Å². The van der Waals surface area contributed by atoms with Crippen molar-refractivity contribution in [1.29, 1.82) is 0 Å². The zero-order valence-corrected chi connectivity index (χ0v) is 19.8. The monoisotopic (exact) mass is 454 g/mol. The van der Waals surface area contributed by atoms with E-state index in [9.17, 15) is 4.79 Å². The van der Waals surface area contributed by atoms with Gasteiger partial charge in [-0.3, -0.25) is 4.79 Å². The number of carbonyl (C=O) groups excluding carboxylic acids is 1. The molecule has 2 aromatic carbocycles. The average Bonchev–Trinajstić information content (AvgIpc) is 3.23. The van der Waals surface area contributed by atoms with Crippen LogP contribution in [-0.4, -0.2) is 40.1 Å². The Morgan fingerprint density at radius 2 is 1.66 bits per heavy atom. The number of hydrogen-bond acceptors (Lipinski definition) is 6. The van der Waals surface area contributed by atoms with Crippen LogP contribution in [0.25, 0.3) is 11.4 Å². The summed E-state index contributed by atoms with van der Waals surface area (Å²) in [5, 5.41) is 12.3. The number of ether oxygens (including phenoxy) is 2. The van der Waals surface area contributed by atoms with E-state index in [1.165, 1.54) is 11.8 Å². The fraction of sp³-hybridized carbons (Fsp3) is 0.375. The van der Waals surface area contributed by atoms with E-state index in [1.807, 2.05) is 55.5 Å². The topological polar surface area (TPSA) is 78.3 Å². The SMILES string of the molecule is CCCCn1c(SC(C)C(=O)NCc2ccc(OC)cc2)nnc1-c1ccc(OC)cc1.